The molecule has 0 radical (unpaired) electrons. The van der Waals surface area contributed by atoms with E-state index in [-0.39, 0.29) is 17.1 Å². The molecular formula is C19H20FeO2. The summed E-state index contributed by atoms with van der Waals surface area (Å²) in [4.78, 5) is 4.43. The number of hydrogen-bond acceptors (Lipinski definition) is 2. The van der Waals surface area contributed by atoms with Crippen LogP contribution in [-0.2, 0) is 17.1 Å². The third-order valence-electron chi connectivity index (χ3n) is 3.29. The van der Waals surface area contributed by atoms with Crippen LogP contribution in [0.4, 0.5) is 0 Å². The largest absolute Gasteiger partial charge is 2.00 e. The third kappa shape index (κ3) is 4.60. The summed E-state index contributed by atoms with van der Waals surface area (Å²) in [7, 11) is 0. The summed E-state index contributed by atoms with van der Waals surface area (Å²) in [6, 6.07) is 23.8. The summed E-state index contributed by atoms with van der Waals surface area (Å²) in [5.41, 5.74) is 3.24. The molecule has 3 heteroatoms. The fourth-order valence-electron chi connectivity index (χ4n) is 2.27. The van der Waals surface area contributed by atoms with Crippen molar-refractivity contribution < 1.29 is 27.2 Å². The smallest absolute Gasteiger partial charge is 0.388 e. The van der Waals surface area contributed by atoms with E-state index in [4.69, 9.17) is 5.26 Å². The number of benzene rings is 1. The first kappa shape index (κ1) is 18.2. The van der Waals surface area contributed by atoms with Crippen LogP contribution >= 0.6 is 0 Å². The maximum absolute atomic E-state index is 8.87. The molecule has 0 saturated carbocycles. The minimum atomic E-state index is 0. The molecule has 0 aliphatic carbocycles. The van der Waals surface area contributed by atoms with E-state index in [1.165, 1.54) is 5.56 Å². The summed E-state index contributed by atoms with van der Waals surface area (Å²) in [5.74, 6) is 0.925. The van der Waals surface area contributed by atoms with Crippen molar-refractivity contribution in [2.24, 2.45) is 0 Å². The fourth-order valence-corrected chi connectivity index (χ4v) is 2.27. The van der Waals surface area contributed by atoms with Crippen molar-refractivity contribution in [1.29, 1.82) is 0 Å². The average molecular weight is 336 g/mol. The van der Waals surface area contributed by atoms with Crippen LogP contribution in [0.3, 0.4) is 0 Å². The van der Waals surface area contributed by atoms with Crippen LogP contribution in [0.2, 0.25) is 0 Å². The molecular weight excluding hydrogens is 316 g/mol. The Balaban J connectivity index is 0.000000344. The van der Waals surface area contributed by atoms with Crippen LogP contribution in [0.15, 0.2) is 72.8 Å². The molecule has 0 amide bonds. The molecule has 3 aromatic carbocycles. The normalized spacial score (nSPS) is 9.64. The van der Waals surface area contributed by atoms with Gasteiger partial charge in [-0.15, -0.1) is 11.6 Å². The Kier molecular flexibility index (Phi) is 7.68. The van der Waals surface area contributed by atoms with E-state index < -0.39 is 0 Å². The van der Waals surface area contributed by atoms with E-state index >= 15 is 0 Å². The van der Waals surface area contributed by atoms with Gasteiger partial charge in [0.2, 0.25) is 0 Å². The molecule has 0 fully saturated rings. The van der Waals surface area contributed by atoms with Gasteiger partial charge < -0.3 is 4.89 Å². The monoisotopic (exact) mass is 336 g/mol. The molecule has 0 aliphatic heterocycles. The Labute approximate surface area is 142 Å². The molecule has 0 bridgehead atoms. The van der Waals surface area contributed by atoms with Gasteiger partial charge in [0.1, 0.15) is 0 Å². The molecule has 3 aromatic rings. The minimum Gasteiger partial charge on any atom is -0.388 e. The van der Waals surface area contributed by atoms with Crippen LogP contribution in [0.25, 0.3) is 11.1 Å². The van der Waals surface area contributed by atoms with E-state index in [0.29, 0.717) is 11.7 Å². The first-order valence-electron chi connectivity index (χ1n) is 7.07. The van der Waals surface area contributed by atoms with Crippen molar-refractivity contribution in [1.82, 2.24) is 0 Å². The average Bonchev–Trinajstić information content (AvgIpc) is 3.20. The van der Waals surface area contributed by atoms with Gasteiger partial charge in [0, 0.05) is 0 Å². The van der Waals surface area contributed by atoms with E-state index in [9.17, 15) is 0 Å². The topological polar surface area (TPSA) is 29.5 Å². The molecule has 0 spiro atoms. The zero-order chi connectivity index (χ0) is 15.1. The standard InChI is InChI=1S/C14H15O2.C5H5.Fe/c1-10(2)12-8-9-13(16-15)14(12)11-6-4-3-5-7-11;1-2-4-5-3-1;/h3-10,15H,1-2H3;1-5H;/q2*-1;+2. The first-order chi connectivity index (χ1) is 10.2. The number of rotatable bonds is 3. The van der Waals surface area contributed by atoms with Gasteiger partial charge in [-0.3, -0.25) is 0 Å². The zero-order valence-corrected chi connectivity index (χ0v) is 13.8. The summed E-state index contributed by atoms with van der Waals surface area (Å²) >= 11 is 0. The molecule has 0 unspecified atom stereocenters. The van der Waals surface area contributed by atoms with Gasteiger partial charge >= 0.3 is 17.1 Å². The second-order valence-electron chi connectivity index (χ2n) is 5.10. The summed E-state index contributed by atoms with van der Waals surface area (Å²) < 4.78 is 0. The molecule has 116 valence electrons. The van der Waals surface area contributed by atoms with Crippen molar-refractivity contribution in [3.05, 3.63) is 78.4 Å². The predicted molar refractivity (Wildman–Crippen MR) is 86.9 cm³/mol. The van der Waals surface area contributed by atoms with Gasteiger partial charge in [-0.05, 0) is 0 Å². The maximum atomic E-state index is 8.87. The van der Waals surface area contributed by atoms with Crippen LogP contribution < -0.4 is 4.89 Å². The van der Waals surface area contributed by atoms with Crippen molar-refractivity contribution in [2.75, 3.05) is 0 Å². The maximum Gasteiger partial charge on any atom is 2.00 e. The van der Waals surface area contributed by atoms with E-state index in [0.717, 1.165) is 11.1 Å². The Hall–Kier alpha value is -1.80. The van der Waals surface area contributed by atoms with Crippen LogP contribution in [-0.4, -0.2) is 5.26 Å². The fraction of sp³-hybridized carbons (Fsp3) is 0.158. The van der Waals surface area contributed by atoms with E-state index in [1.54, 1.807) is 6.07 Å². The summed E-state index contributed by atoms with van der Waals surface area (Å²) in [6.07, 6.45) is 0. The van der Waals surface area contributed by atoms with Crippen molar-refractivity contribution in [2.45, 2.75) is 19.8 Å². The second kappa shape index (κ2) is 9.26. The summed E-state index contributed by atoms with van der Waals surface area (Å²) in [6.45, 7) is 4.26. The third-order valence-corrected chi connectivity index (χ3v) is 3.29. The van der Waals surface area contributed by atoms with E-state index in [2.05, 4.69) is 18.7 Å². The summed E-state index contributed by atoms with van der Waals surface area (Å²) in [5, 5.41) is 8.87. The van der Waals surface area contributed by atoms with Gasteiger partial charge in [-0.2, -0.15) is 29.8 Å². The van der Waals surface area contributed by atoms with Crippen LogP contribution in [0.1, 0.15) is 25.3 Å². The quantitative estimate of drug-likeness (QED) is 0.298. The Bertz CT molecular complexity index is 608. The Morgan fingerprint density at radius 2 is 1.64 bits per heavy atom. The zero-order valence-electron chi connectivity index (χ0n) is 12.7. The van der Waals surface area contributed by atoms with E-state index in [1.807, 2.05) is 66.7 Å². The van der Waals surface area contributed by atoms with Crippen LogP contribution in [0.5, 0.6) is 5.75 Å². The van der Waals surface area contributed by atoms with Gasteiger partial charge in [0.15, 0.2) is 0 Å². The van der Waals surface area contributed by atoms with Crippen molar-refractivity contribution >= 4 is 0 Å². The SMILES string of the molecule is CC(C)c1cc[c-](OO)c1-c1ccccc1.[Fe+2].c1cc[cH-]c1. The first-order valence-corrected chi connectivity index (χ1v) is 7.07. The molecule has 2 nitrogen and oxygen atoms in total. The van der Waals surface area contributed by atoms with Gasteiger partial charge in [0.25, 0.3) is 0 Å². The van der Waals surface area contributed by atoms with Gasteiger partial charge in [0.05, 0.1) is 5.75 Å². The predicted octanol–water partition coefficient (Wildman–Crippen LogP) is 5.45. The van der Waals surface area contributed by atoms with Crippen molar-refractivity contribution in [3.8, 4) is 16.9 Å². The van der Waals surface area contributed by atoms with Crippen LogP contribution in [0, 0.1) is 0 Å². The molecule has 0 saturated heterocycles. The second-order valence-corrected chi connectivity index (χ2v) is 5.10. The molecule has 0 heterocycles. The molecule has 22 heavy (non-hydrogen) atoms. The number of hydrogen-bond donors (Lipinski definition) is 1. The molecule has 3 rings (SSSR count). The Morgan fingerprint density at radius 3 is 2.09 bits per heavy atom. The Morgan fingerprint density at radius 1 is 1.00 bits per heavy atom. The minimum absolute atomic E-state index is 0. The van der Waals surface area contributed by atoms with Gasteiger partial charge in [-0.1, -0.05) is 55.7 Å². The molecule has 1 N–H and O–H groups in total. The van der Waals surface area contributed by atoms with Crippen molar-refractivity contribution in [3.63, 3.8) is 0 Å². The molecule has 0 aliphatic rings. The molecule has 0 atom stereocenters. The molecule has 0 aromatic heterocycles. The van der Waals surface area contributed by atoms with Gasteiger partial charge in [-0.25, -0.2) is 17.4 Å².